The normalized spacial score (nSPS) is 11.2. The molecule has 0 radical (unpaired) electrons. The molecule has 1 N–H and O–H groups in total. The van der Waals surface area contributed by atoms with E-state index in [0.29, 0.717) is 6.54 Å². The minimum Gasteiger partial charge on any atom is -0.462 e. The van der Waals surface area contributed by atoms with Crippen LogP contribution in [0.2, 0.25) is 0 Å². The number of hydrogen-bond acceptors (Lipinski definition) is 5. The highest BCUT2D eigenvalue weighted by Crippen LogP contribution is 2.24. The fourth-order valence-electron chi connectivity index (χ4n) is 2.47. The van der Waals surface area contributed by atoms with Gasteiger partial charge in [0.25, 0.3) is 0 Å². The maximum atomic E-state index is 9.29. The summed E-state index contributed by atoms with van der Waals surface area (Å²) in [4.78, 5) is 6.86. The molecule has 0 bridgehead atoms. The average Bonchev–Trinajstić information content (AvgIpc) is 3.25. The van der Waals surface area contributed by atoms with Gasteiger partial charge in [0.1, 0.15) is 0 Å². The topological polar surface area (TPSA) is 49.5 Å². The number of aliphatic hydroxyl groups excluding tert-OH is 1. The van der Waals surface area contributed by atoms with E-state index in [0.717, 1.165) is 36.0 Å². The monoisotopic (exact) mass is 328 g/mol. The van der Waals surface area contributed by atoms with E-state index in [2.05, 4.69) is 39.5 Å². The van der Waals surface area contributed by atoms with Crippen molar-refractivity contribution in [2.45, 2.75) is 13.0 Å². The van der Waals surface area contributed by atoms with Gasteiger partial charge in [0.05, 0.1) is 18.6 Å². The second-order valence-corrected chi connectivity index (χ2v) is 6.21. The van der Waals surface area contributed by atoms with Crippen LogP contribution in [0.25, 0.3) is 10.8 Å². The fraction of sp³-hybridized carbons (Fsp3) is 0.278. The smallest absolute Gasteiger partial charge is 0.162 e. The van der Waals surface area contributed by atoms with Crippen molar-refractivity contribution in [2.24, 2.45) is 0 Å². The van der Waals surface area contributed by atoms with Crippen molar-refractivity contribution in [3.8, 4) is 10.8 Å². The van der Waals surface area contributed by atoms with E-state index < -0.39 is 0 Å². The Bertz CT molecular complexity index is 695. The highest BCUT2D eigenvalue weighted by atomic mass is 32.1. The summed E-state index contributed by atoms with van der Waals surface area (Å²) in [6.45, 7) is 2.45. The second-order valence-electron chi connectivity index (χ2n) is 5.36. The van der Waals surface area contributed by atoms with E-state index in [4.69, 9.17) is 4.42 Å². The summed E-state index contributed by atoms with van der Waals surface area (Å²) < 4.78 is 5.39. The van der Waals surface area contributed by atoms with Crippen LogP contribution in [0.15, 0.2) is 58.5 Å². The molecule has 0 fully saturated rings. The molecule has 0 aliphatic heterocycles. The van der Waals surface area contributed by atoms with Crippen molar-refractivity contribution in [1.82, 2.24) is 9.88 Å². The first-order chi connectivity index (χ1) is 11.3. The Morgan fingerprint density at radius 3 is 2.70 bits per heavy atom. The molecular formula is C18H20N2O2S. The van der Waals surface area contributed by atoms with Crippen LogP contribution in [0, 0.1) is 0 Å². The highest BCUT2D eigenvalue weighted by Gasteiger charge is 2.11. The van der Waals surface area contributed by atoms with Gasteiger partial charge < -0.3 is 9.52 Å². The molecule has 2 aromatic heterocycles. The maximum absolute atomic E-state index is 9.29. The van der Waals surface area contributed by atoms with Crippen LogP contribution in [-0.2, 0) is 13.0 Å². The van der Waals surface area contributed by atoms with Gasteiger partial charge in [-0.25, -0.2) is 4.98 Å². The predicted molar refractivity (Wildman–Crippen MR) is 92.3 cm³/mol. The van der Waals surface area contributed by atoms with Crippen LogP contribution >= 0.6 is 11.3 Å². The molecule has 0 atom stereocenters. The Morgan fingerprint density at radius 1 is 1.09 bits per heavy atom. The van der Waals surface area contributed by atoms with Gasteiger partial charge >= 0.3 is 0 Å². The van der Waals surface area contributed by atoms with Gasteiger partial charge in [0, 0.05) is 25.0 Å². The first-order valence-corrected chi connectivity index (χ1v) is 8.58. The number of furan rings is 1. The van der Waals surface area contributed by atoms with Crippen LogP contribution in [0.1, 0.15) is 11.3 Å². The number of thiazole rings is 1. The summed E-state index contributed by atoms with van der Waals surface area (Å²) in [5.74, 6) is 0.805. The lowest BCUT2D eigenvalue weighted by Crippen LogP contribution is -2.28. The Hall–Kier alpha value is -1.95. The molecule has 0 spiro atoms. The summed E-state index contributed by atoms with van der Waals surface area (Å²) in [6, 6.07) is 14.2. The Labute approximate surface area is 140 Å². The van der Waals surface area contributed by atoms with E-state index in [1.807, 2.05) is 18.2 Å². The molecular weight excluding hydrogens is 308 g/mol. The zero-order valence-corrected chi connectivity index (χ0v) is 13.7. The van der Waals surface area contributed by atoms with Gasteiger partial charge in [-0.05, 0) is 24.1 Å². The molecule has 2 heterocycles. The lowest BCUT2D eigenvalue weighted by molar-refractivity contribution is 0.190. The molecule has 0 saturated carbocycles. The second kappa shape index (κ2) is 8.06. The number of nitrogens with zero attached hydrogens (tertiary/aromatic N) is 2. The van der Waals surface area contributed by atoms with Crippen LogP contribution in [-0.4, -0.2) is 34.7 Å². The zero-order valence-electron chi connectivity index (χ0n) is 12.9. The summed E-state index contributed by atoms with van der Waals surface area (Å²) in [6.07, 6.45) is 2.63. The van der Waals surface area contributed by atoms with E-state index in [1.54, 1.807) is 17.6 Å². The average molecular weight is 328 g/mol. The summed E-state index contributed by atoms with van der Waals surface area (Å²) in [7, 11) is 0. The number of hydrogen-bond donors (Lipinski definition) is 1. The quantitative estimate of drug-likeness (QED) is 0.688. The van der Waals surface area contributed by atoms with Crippen molar-refractivity contribution >= 4 is 11.3 Å². The molecule has 4 nitrogen and oxygen atoms in total. The van der Waals surface area contributed by atoms with Gasteiger partial charge in [0.2, 0.25) is 0 Å². The molecule has 0 aliphatic rings. The Balaban J connectivity index is 1.60. The summed E-state index contributed by atoms with van der Waals surface area (Å²) >= 11 is 1.59. The molecule has 0 unspecified atom stereocenters. The lowest BCUT2D eigenvalue weighted by atomic mass is 10.1. The number of benzene rings is 1. The molecule has 120 valence electrons. The molecule has 0 aliphatic carbocycles. The van der Waals surface area contributed by atoms with Crippen molar-refractivity contribution in [1.29, 1.82) is 0 Å². The van der Waals surface area contributed by atoms with Crippen LogP contribution in [0.3, 0.4) is 0 Å². The van der Waals surface area contributed by atoms with Gasteiger partial charge in [-0.3, -0.25) is 4.90 Å². The first kappa shape index (κ1) is 15.9. The van der Waals surface area contributed by atoms with E-state index >= 15 is 0 Å². The minimum absolute atomic E-state index is 0.157. The van der Waals surface area contributed by atoms with Crippen molar-refractivity contribution < 1.29 is 9.52 Å². The van der Waals surface area contributed by atoms with Crippen LogP contribution in [0.4, 0.5) is 0 Å². The number of rotatable bonds is 8. The minimum atomic E-state index is 0.157. The van der Waals surface area contributed by atoms with E-state index in [1.165, 1.54) is 5.56 Å². The summed E-state index contributed by atoms with van der Waals surface area (Å²) in [5.41, 5.74) is 2.33. The SMILES string of the molecule is OCCN(CCc1ccccc1)Cc1csc(-c2ccco2)n1. The Kier molecular flexibility index (Phi) is 5.58. The largest absolute Gasteiger partial charge is 0.462 e. The van der Waals surface area contributed by atoms with Gasteiger partial charge in [-0.15, -0.1) is 11.3 Å². The molecule has 0 amide bonds. The van der Waals surface area contributed by atoms with Gasteiger partial charge in [-0.2, -0.15) is 0 Å². The molecule has 3 aromatic rings. The standard InChI is InChI=1S/C18H20N2O2S/c21-11-10-20(9-8-15-5-2-1-3-6-15)13-16-14-23-18(19-16)17-7-4-12-22-17/h1-7,12,14,21H,8-11,13H2. The van der Waals surface area contributed by atoms with Crippen molar-refractivity contribution in [2.75, 3.05) is 19.7 Å². The number of aliphatic hydroxyl groups is 1. The van der Waals surface area contributed by atoms with Crippen LogP contribution in [0.5, 0.6) is 0 Å². The predicted octanol–water partition coefficient (Wildman–Crippen LogP) is 3.44. The zero-order chi connectivity index (χ0) is 15.9. The molecule has 3 rings (SSSR count). The van der Waals surface area contributed by atoms with Crippen molar-refractivity contribution in [3.05, 3.63) is 65.4 Å². The fourth-order valence-corrected chi connectivity index (χ4v) is 3.24. The van der Waals surface area contributed by atoms with Gasteiger partial charge in [0.15, 0.2) is 10.8 Å². The third-order valence-corrected chi connectivity index (χ3v) is 4.55. The third-order valence-electron chi connectivity index (χ3n) is 3.65. The van der Waals surface area contributed by atoms with E-state index in [9.17, 15) is 5.11 Å². The maximum Gasteiger partial charge on any atom is 0.162 e. The highest BCUT2D eigenvalue weighted by molar-refractivity contribution is 7.13. The first-order valence-electron chi connectivity index (χ1n) is 7.70. The van der Waals surface area contributed by atoms with E-state index in [-0.39, 0.29) is 6.61 Å². The third kappa shape index (κ3) is 4.51. The van der Waals surface area contributed by atoms with Crippen LogP contribution < -0.4 is 0 Å². The lowest BCUT2D eigenvalue weighted by Gasteiger charge is -2.20. The Morgan fingerprint density at radius 2 is 1.96 bits per heavy atom. The number of aromatic nitrogens is 1. The van der Waals surface area contributed by atoms with Crippen molar-refractivity contribution in [3.63, 3.8) is 0 Å². The molecule has 5 heteroatoms. The molecule has 23 heavy (non-hydrogen) atoms. The van der Waals surface area contributed by atoms with Gasteiger partial charge in [-0.1, -0.05) is 30.3 Å². The molecule has 1 aromatic carbocycles. The summed E-state index contributed by atoms with van der Waals surface area (Å²) in [5, 5.41) is 12.3. The molecule has 0 saturated heterocycles.